The summed E-state index contributed by atoms with van der Waals surface area (Å²) in [5.41, 5.74) is 2.33. The summed E-state index contributed by atoms with van der Waals surface area (Å²) in [4.78, 5) is 29.8. The van der Waals surface area contributed by atoms with Crippen molar-refractivity contribution in [3.05, 3.63) is 71.0 Å². The van der Waals surface area contributed by atoms with Crippen molar-refractivity contribution in [2.75, 3.05) is 26.7 Å². The highest BCUT2D eigenvalue weighted by molar-refractivity contribution is 5.84. The van der Waals surface area contributed by atoms with Gasteiger partial charge in [0.2, 0.25) is 11.8 Å². The van der Waals surface area contributed by atoms with Crippen molar-refractivity contribution in [1.29, 1.82) is 0 Å². The van der Waals surface area contributed by atoms with Crippen LogP contribution in [0.15, 0.2) is 48.5 Å². The molecule has 31 heavy (non-hydrogen) atoms. The van der Waals surface area contributed by atoms with Gasteiger partial charge in [-0.05, 0) is 56.1 Å². The summed E-state index contributed by atoms with van der Waals surface area (Å²) in [5.74, 6) is -0.329. The molecule has 2 amide bonds. The quantitative estimate of drug-likeness (QED) is 0.736. The fourth-order valence-electron chi connectivity index (χ4n) is 4.02. The van der Waals surface area contributed by atoms with Gasteiger partial charge in [-0.15, -0.1) is 0 Å². The molecular formula is C25H32FN3O2. The van der Waals surface area contributed by atoms with Crippen LogP contribution in [0.2, 0.25) is 0 Å². The number of carbonyl (C=O) groups excluding carboxylic acids is 2. The zero-order chi connectivity index (χ0) is 22.4. The first-order valence-electron chi connectivity index (χ1n) is 11.0. The number of amides is 2. The Bertz CT molecular complexity index is 895. The molecule has 1 atom stereocenters. The average molecular weight is 426 g/mol. The average Bonchev–Trinajstić information content (AvgIpc) is 2.80. The molecule has 0 bridgehead atoms. The summed E-state index contributed by atoms with van der Waals surface area (Å²) in [6.45, 7) is 5.97. The lowest BCUT2D eigenvalue weighted by molar-refractivity contribution is -0.140. The van der Waals surface area contributed by atoms with Crippen LogP contribution < -0.4 is 5.32 Å². The lowest BCUT2D eigenvalue weighted by atomic mass is 9.94. The van der Waals surface area contributed by atoms with E-state index in [-0.39, 0.29) is 29.6 Å². The van der Waals surface area contributed by atoms with Gasteiger partial charge in [-0.25, -0.2) is 4.39 Å². The Balaban J connectivity index is 1.55. The Kier molecular flexibility index (Phi) is 7.80. The maximum Gasteiger partial charge on any atom is 0.244 e. The number of piperidine rings is 1. The number of likely N-dealkylation sites (tertiary alicyclic amines) is 1. The number of halogens is 1. The molecule has 3 rings (SSSR count). The van der Waals surface area contributed by atoms with E-state index in [4.69, 9.17) is 0 Å². The van der Waals surface area contributed by atoms with E-state index in [9.17, 15) is 14.0 Å². The molecule has 1 aliphatic heterocycles. The fourth-order valence-corrected chi connectivity index (χ4v) is 4.02. The van der Waals surface area contributed by atoms with Gasteiger partial charge >= 0.3 is 0 Å². The van der Waals surface area contributed by atoms with E-state index in [0.29, 0.717) is 38.0 Å². The molecule has 1 saturated heterocycles. The number of benzene rings is 2. The number of nitrogens with one attached hydrogen (secondary N) is 1. The van der Waals surface area contributed by atoms with E-state index >= 15 is 0 Å². The molecule has 2 aromatic rings. The molecule has 1 fully saturated rings. The molecule has 6 heteroatoms. The number of likely N-dealkylation sites (N-methyl/N-ethyl adjacent to an activating group) is 1. The minimum atomic E-state index is -0.312. The van der Waals surface area contributed by atoms with Crippen molar-refractivity contribution in [2.24, 2.45) is 5.92 Å². The normalized spacial score (nSPS) is 15.7. The predicted molar refractivity (Wildman–Crippen MR) is 120 cm³/mol. The summed E-state index contributed by atoms with van der Waals surface area (Å²) in [6.07, 6.45) is 1.27. The number of carbonyl (C=O) groups is 2. The van der Waals surface area contributed by atoms with Crippen molar-refractivity contribution in [2.45, 2.75) is 39.3 Å². The largest absolute Gasteiger partial charge is 0.352 e. The smallest absolute Gasteiger partial charge is 0.244 e. The number of rotatable bonds is 7. The molecule has 0 saturated carbocycles. The Morgan fingerprint density at radius 1 is 1.16 bits per heavy atom. The van der Waals surface area contributed by atoms with Crippen LogP contribution in [0.3, 0.4) is 0 Å². The third kappa shape index (κ3) is 5.70. The SMILES string of the molecule is CCN(C)C(C(=O)N1CCC(C(=O)NCc2ccc(C)c(F)c2)CC1)c1ccccc1. The van der Waals surface area contributed by atoms with Crippen molar-refractivity contribution >= 4 is 11.8 Å². The van der Waals surface area contributed by atoms with E-state index in [1.54, 1.807) is 13.0 Å². The predicted octanol–water partition coefficient (Wildman–Crippen LogP) is 3.68. The summed E-state index contributed by atoms with van der Waals surface area (Å²) >= 11 is 0. The second-order valence-electron chi connectivity index (χ2n) is 8.29. The van der Waals surface area contributed by atoms with E-state index in [1.165, 1.54) is 6.07 Å². The van der Waals surface area contributed by atoms with E-state index in [2.05, 4.69) is 10.2 Å². The highest BCUT2D eigenvalue weighted by atomic mass is 19.1. The van der Waals surface area contributed by atoms with Crippen LogP contribution in [0, 0.1) is 18.7 Å². The van der Waals surface area contributed by atoms with E-state index in [1.807, 2.05) is 55.3 Å². The van der Waals surface area contributed by atoms with Gasteiger partial charge in [0.25, 0.3) is 0 Å². The van der Waals surface area contributed by atoms with Crippen LogP contribution in [0.1, 0.15) is 42.5 Å². The number of nitrogens with zero attached hydrogens (tertiary/aromatic N) is 2. The highest BCUT2D eigenvalue weighted by Gasteiger charge is 2.33. The first-order valence-corrected chi connectivity index (χ1v) is 11.0. The Morgan fingerprint density at radius 2 is 1.84 bits per heavy atom. The highest BCUT2D eigenvalue weighted by Crippen LogP contribution is 2.25. The summed E-state index contributed by atoms with van der Waals surface area (Å²) in [5, 5.41) is 2.92. The van der Waals surface area contributed by atoms with Crippen molar-refractivity contribution in [1.82, 2.24) is 15.1 Å². The van der Waals surface area contributed by atoms with Crippen molar-refractivity contribution < 1.29 is 14.0 Å². The van der Waals surface area contributed by atoms with Crippen LogP contribution in [0.5, 0.6) is 0 Å². The molecule has 5 nitrogen and oxygen atoms in total. The Hall–Kier alpha value is -2.73. The monoisotopic (exact) mass is 425 g/mol. The van der Waals surface area contributed by atoms with Gasteiger partial charge < -0.3 is 10.2 Å². The maximum atomic E-state index is 13.7. The molecule has 1 unspecified atom stereocenters. The Morgan fingerprint density at radius 3 is 2.45 bits per heavy atom. The third-order valence-electron chi connectivity index (χ3n) is 6.17. The van der Waals surface area contributed by atoms with Gasteiger partial charge in [0.05, 0.1) is 0 Å². The van der Waals surface area contributed by atoms with Crippen LogP contribution in [0.4, 0.5) is 4.39 Å². The minimum absolute atomic E-state index is 0.0293. The van der Waals surface area contributed by atoms with Crippen molar-refractivity contribution in [3.63, 3.8) is 0 Å². The number of aryl methyl sites for hydroxylation is 1. The summed E-state index contributed by atoms with van der Waals surface area (Å²) < 4.78 is 13.7. The topological polar surface area (TPSA) is 52.7 Å². The van der Waals surface area contributed by atoms with Gasteiger partial charge in [-0.2, -0.15) is 0 Å². The minimum Gasteiger partial charge on any atom is -0.352 e. The van der Waals surface area contributed by atoms with Gasteiger partial charge in [-0.3, -0.25) is 14.5 Å². The first kappa shape index (κ1) is 22.9. The molecule has 0 spiro atoms. The molecule has 166 valence electrons. The Labute approximate surface area is 184 Å². The van der Waals surface area contributed by atoms with Crippen LogP contribution in [0.25, 0.3) is 0 Å². The lowest BCUT2D eigenvalue weighted by Gasteiger charge is -2.36. The second-order valence-corrected chi connectivity index (χ2v) is 8.29. The van der Waals surface area contributed by atoms with Crippen molar-refractivity contribution in [3.8, 4) is 0 Å². The lowest BCUT2D eigenvalue weighted by Crippen LogP contribution is -2.47. The standard InChI is InChI=1S/C25H32FN3O2/c1-4-28(3)23(20-8-6-5-7-9-20)25(31)29-14-12-21(13-15-29)24(30)27-17-19-11-10-18(2)22(26)16-19/h5-11,16,21,23H,4,12-15,17H2,1-3H3,(H,27,30). The van der Waals surface area contributed by atoms with Gasteiger partial charge in [0.1, 0.15) is 11.9 Å². The molecule has 0 aromatic heterocycles. The molecule has 2 aromatic carbocycles. The molecule has 0 aliphatic carbocycles. The molecular weight excluding hydrogens is 393 g/mol. The second kappa shape index (κ2) is 10.5. The van der Waals surface area contributed by atoms with Gasteiger partial charge in [0, 0.05) is 25.6 Å². The number of hydrogen-bond acceptors (Lipinski definition) is 3. The third-order valence-corrected chi connectivity index (χ3v) is 6.17. The number of hydrogen-bond donors (Lipinski definition) is 1. The molecule has 1 aliphatic rings. The maximum absolute atomic E-state index is 13.7. The fraction of sp³-hybridized carbons (Fsp3) is 0.440. The van der Waals surface area contributed by atoms with Crippen LogP contribution in [-0.2, 0) is 16.1 Å². The zero-order valence-corrected chi connectivity index (χ0v) is 18.6. The molecule has 0 radical (unpaired) electrons. The van der Waals surface area contributed by atoms with Crippen LogP contribution >= 0.6 is 0 Å². The van der Waals surface area contributed by atoms with Gasteiger partial charge in [-0.1, -0.05) is 49.4 Å². The van der Waals surface area contributed by atoms with E-state index in [0.717, 1.165) is 17.7 Å². The summed E-state index contributed by atoms with van der Waals surface area (Å²) in [7, 11) is 1.96. The zero-order valence-electron chi connectivity index (χ0n) is 18.6. The molecule has 1 N–H and O–H groups in total. The summed E-state index contributed by atoms with van der Waals surface area (Å²) in [6, 6.07) is 14.5. The van der Waals surface area contributed by atoms with Crippen LogP contribution in [-0.4, -0.2) is 48.3 Å². The first-order chi connectivity index (χ1) is 14.9. The molecule has 1 heterocycles. The van der Waals surface area contributed by atoms with E-state index < -0.39 is 0 Å². The van der Waals surface area contributed by atoms with Gasteiger partial charge in [0.15, 0.2) is 0 Å².